The largest absolute Gasteiger partial charge is 0.480 e. The van der Waals surface area contributed by atoms with Gasteiger partial charge in [0.05, 0.1) is 18.4 Å². The molecule has 0 amide bonds. The lowest BCUT2D eigenvalue weighted by Crippen LogP contribution is -2.61. The molecule has 0 radical (unpaired) electrons. The number of halogens is 1. The van der Waals surface area contributed by atoms with Crippen molar-refractivity contribution in [1.29, 1.82) is 0 Å². The molecule has 8 nitrogen and oxygen atoms in total. The molecule has 3 aromatic rings. The molecular formula is C22H23FN6O2. The van der Waals surface area contributed by atoms with Gasteiger partial charge in [0.15, 0.2) is 5.82 Å². The average Bonchev–Trinajstić information content (AvgIpc) is 2.76. The first-order valence-corrected chi connectivity index (χ1v) is 9.98. The molecule has 0 bridgehead atoms. The highest BCUT2D eigenvalue weighted by Gasteiger charge is 2.38. The van der Waals surface area contributed by atoms with E-state index in [9.17, 15) is 14.3 Å². The van der Waals surface area contributed by atoms with Crippen LogP contribution in [0, 0.1) is 19.7 Å². The van der Waals surface area contributed by atoms with Gasteiger partial charge in [0.1, 0.15) is 17.7 Å². The lowest BCUT2D eigenvalue weighted by Gasteiger charge is -2.44. The van der Waals surface area contributed by atoms with Crippen molar-refractivity contribution in [3.8, 4) is 11.3 Å². The van der Waals surface area contributed by atoms with E-state index in [0.29, 0.717) is 23.9 Å². The van der Waals surface area contributed by atoms with Gasteiger partial charge < -0.3 is 14.9 Å². The standard InChI is InChI=1S/C22H23FN6O2/c1-13-11-29(18(22(30)31)12-28(13)19-10-24-8-9-25-19)21-15(3)14(2)20(26-27-21)16-4-6-17(23)7-5-16/h4-10,13,18H,11-12H2,1-3H3,(H,30,31)/t13?,18-/m1/s1. The Labute approximate surface area is 179 Å². The van der Waals surface area contributed by atoms with Crippen molar-refractivity contribution in [1.82, 2.24) is 20.2 Å². The van der Waals surface area contributed by atoms with Gasteiger partial charge in [-0.2, -0.15) is 0 Å². The van der Waals surface area contributed by atoms with Crippen LogP contribution in [0.3, 0.4) is 0 Å². The maximum Gasteiger partial charge on any atom is 0.328 e. The molecule has 1 saturated heterocycles. The van der Waals surface area contributed by atoms with Gasteiger partial charge in [-0.15, -0.1) is 10.2 Å². The summed E-state index contributed by atoms with van der Waals surface area (Å²) in [6, 6.07) is 5.26. The summed E-state index contributed by atoms with van der Waals surface area (Å²) in [5.41, 5.74) is 3.14. The van der Waals surface area contributed by atoms with Gasteiger partial charge in [-0.25, -0.2) is 14.2 Å². The predicted molar refractivity (Wildman–Crippen MR) is 115 cm³/mol. The molecule has 1 aliphatic heterocycles. The van der Waals surface area contributed by atoms with Crippen LogP contribution < -0.4 is 9.80 Å². The number of aromatic nitrogens is 4. The fraction of sp³-hybridized carbons (Fsp3) is 0.318. The number of benzene rings is 1. The van der Waals surface area contributed by atoms with E-state index in [1.807, 2.05) is 25.7 Å². The van der Waals surface area contributed by atoms with Gasteiger partial charge in [0.2, 0.25) is 0 Å². The summed E-state index contributed by atoms with van der Waals surface area (Å²) in [6.45, 7) is 6.53. The van der Waals surface area contributed by atoms with Gasteiger partial charge in [-0.3, -0.25) is 4.98 Å². The lowest BCUT2D eigenvalue weighted by molar-refractivity contribution is -0.138. The molecule has 1 aromatic carbocycles. The molecule has 3 heterocycles. The van der Waals surface area contributed by atoms with Crippen LogP contribution >= 0.6 is 0 Å². The fourth-order valence-electron chi connectivity index (χ4n) is 3.93. The number of piperazine rings is 1. The van der Waals surface area contributed by atoms with Crippen LogP contribution in [0.25, 0.3) is 11.3 Å². The van der Waals surface area contributed by atoms with Crippen LogP contribution in [-0.4, -0.2) is 56.4 Å². The zero-order valence-electron chi connectivity index (χ0n) is 17.5. The summed E-state index contributed by atoms with van der Waals surface area (Å²) in [7, 11) is 0. The number of nitrogens with zero attached hydrogens (tertiary/aromatic N) is 6. The number of aliphatic carboxylic acids is 1. The van der Waals surface area contributed by atoms with Crippen LogP contribution in [0.2, 0.25) is 0 Å². The zero-order valence-corrected chi connectivity index (χ0v) is 17.5. The van der Waals surface area contributed by atoms with E-state index in [1.54, 1.807) is 35.6 Å². The van der Waals surface area contributed by atoms with Crippen LogP contribution in [0.4, 0.5) is 16.0 Å². The Bertz CT molecular complexity index is 1090. The first-order valence-electron chi connectivity index (χ1n) is 9.98. The molecular weight excluding hydrogens is 399 g/mol. The molecule has 2 aromatic heterocycles. The Morgan fingerprint density at radius 3 is 2.45 bits per heavy atom. The molecule has 1 aliphatic rings. The lowest BCUT2D eigenvalue weighted by atomic mass is 10.0. The van der Waals surface area contributed by atoms with Crippen LogP contribution in [-0.2, 0) is 4.79 Å². The molecule has 9 heteroatoms. The Morgan fingerprint density at radius 1 is 1.06 bits per heavy atom. The van der Waals surface area contributed by atoms with E-state index in [0.717, 1.165) is 16.7 Å². The molecule has 4 rings (SSSR count). The highest BCUT2D eigenvalue weighted by molar-refractivity contribution is 5.80. The third-order valence-electron chi connectivity index (χ3n) is 5.76. The van der Waals surface area contributed by atoms with Crippen molar-refractivity contribution in [3.63, 3.8) is 0 Å². The molecule has 1 fully saturated rings. The van der Waals surface area contributed by atoms with Crippen molar-refractivity contribution in [2.75, 3.05) is 22.9 Å². The Morgan fingerprint density at radius 2 is 1.81 bits per heavy atom. The molecule has 2 atom stereocenters. The number of rotatable bonds is 4. The predicted octanol–water partition coefficient (Wildman–Crippen LogP) is 2.86. The number of anilines is 2. The van der Waals surface area contributed by atoms with Gasteiger partial charge in [0, 0.05) is 30.5 Å². The van der Waals surface area contributed by atoms with Crippen LogP contribution in [0.15, 0.2) is 42.9 Å². The maximum atomic E-state index is 13.3. The fourth-order valence-corrected chi connectivity index (χ4v) is 3.93. The summed E-state index contributed by atoms with van der Waals surface area (Å²) in [5.74, 6) is -0.0721. The van der Waals surface area contributed by atoms with Gasteiger partial charge >= 0.3 is 5.97 Å². The summed E-state index contributed by atoms with van der Waals surface area (Å²) >= 11 is 0. The zero-order chi connectivity index (χ0) is 22.1. The Balaban J connectivity index is 1.69. The van der Waals surface area contributed by atoms with E-state index < -0.39 is 12.0 Å². The van der Waals surface area contributed by atoms with Crippen molar-refractivity contribution >= 4 is 17.6 Å². The number of carboxylic acids is 1. The number of carboxylic acid groups (broad SMARTS) is 1. The second-order valence-corrected chi connectivity index (χ2v) is 7.70. The first kappa shape index (κ1) is 20.6. The maximum absolute atomic E-state index is 13.3. The van der Waals surface area contributed by atoms with E-state index in [4.69, 9.17) is 0 Å². The van der Waals surface area contributed by atoms with Gasteiger partial charge in [-0.1, -0.05) is 0 Å². The highest BCUT2D eigenvalue weighted by Crippen LogP contribution is 2.31. The molecule has 0 saturated carbocycles. The van der Waals surface area contributed by atoms with E-state index in [2.05, 4.69) is 20.2 Å². The van der Waals surface area contributed by atoms with E-state index in [-0.39, 0.29) is 18.4 Å². The molecule has 1 N–H and O–H groups in total. The van der Waals surface area contributed by atoms with Crippen molar-refractivity contribution in [2.24, 2.45) is 0 Å². The van der Waals surface area contributed by atoms with Crippen molar-refractivity contribution < 1.29 is 14.3 Å². The summed E-state index contributed by atoms with van der Waals surface area (Å²) in [5, 5.41) is 18.7. The Kier molecular flexibility index (Phi) is 5.50. The average molecular weight is 422 g/mol. The summed E-state index contributed by atoms with van der Waals surface area (Å²) < 4.78 is 13.3. The third-order valence-corrected chi connectivity index (χ3v) is 5.76. The third kappa shape index (κ3) is 3.90. The minimum Gasteiger partial charge on any atom is -0.480 e. The molecule has 160 valence electrons. The second-order valence-electron chi connectivity index (χ2n) is 7.70. The molecule has 31 heavy (non-hydrogen) atoms. The van der Waals surface area contributed by atoms with Gasteiger partial charge in [0.25, 0.3) is 0 Å². The van der Waals surface area contributed by atoms with Crippen LogP contribution in [0.5, 0.6) is 0 Å². The van der Waals surface area contributed by atoms with E-state index >= 15 is 0 Å². The quantitative estimate of drug-likeness (QED) is 0.686. The van der Waals surface area contributed by atoms with E-state index in [1.165, 1.54) is 12.1 Å². The van der Waals surface area contributed by atoms with Crippen LogP contribution in [0.1, 0.15) is 18.1 Å². The Hall–Kier alpha value is -3.62. The number of carbonyl (C=O) groups is 1. The molecule has 0 aliphatic carbocycles. The number of hydrogen-bond acceptors (Lipinski definition) is 7. The second kappa shape index (κ2) is 8.25. The topological polar surface area (TPSA) is 95.3 Å². The van der Waals surface area contributed by atoms with Gasteiger partial charge in [-0.05, 0) is 56.2 Å². The monoisotopic (exact) mass is 422 g/mol. The smallest absolute Gasteiger partial charge is 0.328 e. The summed E-state index contributed by atoms with van der Waals surface area (Å²) in [6.07, 6.45) is 4.82. The minimum atomic E-state index is -0.942. The molecule has 1 unspecified atom stereocenters. The van der Waals surface area contributed by atoms with Crippen molar-refractivity contribution in [3.05, 3.63) is 59.8 Å². The first-order chi connectivity index (χ1) is 14.9. The normalized spacial score (nSPS) is 18.8. The highest BCUT2D eigenvalue weighted by atomic mass is 19.1. The molecule has 0 spiro atoms. The number of hydrogen-bond donors (Lipinski definition) is 1. The SMILES string of the molecule is Cc1c(-c2ccc(F)cc2)nnc(N2CC(C)N(c3cnccn3)C[C@@H]2C(=O)O)c1C. The van der Waals surface area contributed by atoms with Crippen molar-refractivity contribution in [2.45, 2.75) is 32.9 Å². The minimum absolute atomic E-state index is 0.00872. The summed E-state index contributed by atoms with van der Waals surface area (Å²) in [4.78, 5) is 24.3.